The zero-order valence-corrected chi connectivity index (χ0v) is 11.5. The van der Waals surface area contributed by atoms with Crippen LogP contribution in [-0.2, 0) is 16.0 Å². The molecule has 1 saturated heterocycles. The number of carbonyl (C=O) groups excluding carboxylic acids is 1. The fourth-order valence-corrected chi connectivity index (χ4v) is 2.55. The molecule has 0 spiro atoms. The first-order valence-corrected chi connectivity index (χ1v) is 6.73. The van der Waals surface area contributed by atoms with Crippen LogP contribution in [0.1, 0.15) is 29.9 Å². The Morgan fingerprint density at radius 3 is 2.35 bits per heavy atom. The summed E-state index contributed by atoms with van der Waals surface area (Å²) in [5.41, 5.74) is 2.15. The number of esters is 1. The van der Waals surface area contributed by atoms with Crippen molar-refractivity contribution >= 4 is 12.1 Å². The Kier molecular flexibility index (Phi) is 4.61. The van der Waals surface area contributed by atoms with Crippen molar-refractivity contribution in [3.05, 3.63) is 35.4 Å². The molecule has 0 saturated carbocycles. The van der Waals surface area contributed by atoms with Gasteiger partial charge in [0.25, 0.3) is 0 Å². The Balaban J connectivity index is 1.94. The van der Waals surface area contributed by atoms with Gasteiger partial charge in [-0.25, -0.2) is 4.79 Å². The van der Waals surface area contributed by atoms with Crippen molar-refractivity contribution in [2.45, 2.75) is 25.2 Å². The number of carboxylic acid groups (broad SMARTS) is 1. The van der Waals surface area contributed by atoms with Gasteiger partial charge in [-0.15, -0.1) is 0 Å². The lowest BCUT2D eigenvalue weighted by Gasteiger charge is -2.30. The average Bonchev–Trinajstić information content (AvgIpc) is 2.48. The van der Waals surface area contributed by atoms with Crippen molar-refractivity contribution < 1.29 is 19.4 Å². The van der Waals surface area contributed by atoms with Gasteiger partial charge in [0, 0.05) is 13.1 Å². The van der Waals surface area contributed by atoms with Crippen molar-refractivity contribution in [3.63, 3.8) is 0 Å². The van der Waals surface area contributed by atoms with Crippen LogP contribution in [0.15, 0.2) is 24.3 Å². The largest absolute Gasteiger partial charge is 0.469 e. The van der Waals surface area contributed by atoms with E-state index in [1.54, 1.807) is 0 Å². The summed E-state index contributed by atoms with van der Waals surface area (Å²) in [5, 5.41) is 8.92. The molecule has 1 heterocycles. The molecule has 0 unspecified atom stereocenters. The molecule has 0 aromatic heterocycles. The summed E-state index contributed by atoms with van der Waals surface area (Å²) in [7, 11) is 1.38. The summed E-state index contributed by atoms with van der Waals surface area (Å²) in [4.78, 5) is 23.5. The van der Waals surface area contributed by atoms with Crippen LogP contribution in [0, 0.1) is 0 Å². The van der Waals surface area contributed by atoms with Crippen LogP contribution >= 0.6 is 0 Å². The molecule has 1 amide bonds. The average molecular weight is 277 g/mol. The Morgan fingerprint density at radius 2 is 1.85 bits per heavy atom. The van der Waals surface area contributed by atoms with Crippen LogP contribution in [0.25, 0.3) is 0 Å². The number of likely N-dealkylation sites (tertiary alicyclic amines) is 1. The van der Waals surface area contributed by atoms with Gasteiger partial charge < -0.3 is 14.7 Å². The highest BCUT2D eigenvalue weighted by Gasteiger charge is 2.23. The van der Waals surface area contributed by atoms with Gasteiger partial charge in [-0.3, -0.25) is 4.79 Å². The number of hydrogen-bond donors (Lipinski definition) is 1. The van der Waals surface area contributed by atoms with E-state index in [0.29, 0.717) is 19.0 Å². The molecule has 1 aromatic rings. The van der Waals surface area contributed by atoms with E-state index in [2.05, 4.69) is 4.74 Å². The standard InChI is InChI=1S/C15H19NO4/c1-20-14(17)10-11-2-4-12(5-3-11)13-6-8-16(9-7-13)15(18)19/h2-5,13H,6-10H2,1H3,(H,18,19). The van der Waals surface area contributed by atoms with Gasteiger partial charge in [-0.2, -0.15) is 0 Å². The van der Waals surface area contributed by atoms with E-state index in [1.165, 1.54) is 17.6 Å². The quantitative estimate of drug-likeness (QED) is 0.861. The maximum Gasteiger partial charge on any atom is 0.407 e. The van der Waals surface area contributed by atoms with Crippen molar-refractivity contribution in [2.24, 2.45) is 0 Å². The van der Waals surface area contributed by atoms with Gasteiger partial charge in [0.05, 0.1) is 13.5 Å². The maximum absolute atomic E-state index is 11.2. The van der Waals surface area contributed by atoms with Gasteiger partial charge in [0.15, 0.2) is 0 Å². The Bertz CT molecular complexity index is 475. The summed E-state index contributed by atoms with van der Waals surface area (Å²) in [6.07, 6.45) is 1.15. The van der Waals surface area contributed by atoms with E-state index in [1.807, 2.05) is 24.3 Å². The second kappa shape index (κ2) is 6.41. The van der Waals surface area contributed by atoms with Crippen LogP contribution in [0.3, 0.4) is 0 Å². The highest BCUT2D eigenvalue weighted by Crippen LogP contribution is 2.28. The van der Waals surface area contributed by atoms with E-state index in [0.717, 1.165) is 18.4 Å². The van der Waals surface area contributed by atoms with Gasteiger partial charge in [0.1, 0.15) is 0 Å². The number of nitrogens with zero attached hydrogens (tertiary/aromatic N) is 1. The van der Waals surface area contributed by atoms with Crippen molar-refractivity contribution in [3.8, 4) is 0 Å². The molecule has 0 bridgehead atoms. The summed E-state index contributed by atoms with van der Waals surface area (Å²) in [6.45, 7) is 1.17. The molecule has 1 fully saturated rings. The minimum Gasteiger partial charge on any atom is -0.469 e. The van der Waals surface area contributed by atoms with Gasteiger partial charge in [-0.05, 0) is 29.9 Å². The molecule has 5 heteroatoms. The molecule has 108 valence electrons. The van der Waals surface area contributed by atoms with E-state index in [4.69, 9.17) is 5.11 Å². The molecule has 2 rings (SSSR count). The van der Waals surface area contributed by atoms with Crippen LogP contribution in [0.4, 0.5) is 4.79 Å². The molecule has 1 aromatic carbocycles. The molecule has 0 atom stereocenters. The van der Waals surface area contributed by atoms with Crippen LogP contribution in [-0.4, -0.2) is 42.3 Å². The summed E-state index contributed by atoms with van der Waals surface area (Å²) in [5.74, 6) is 0.158. The fourth-order valence-electron chi connectivity index (χ4n) is 2.55. The Labute approximate surface area is 118 Å². The van der Waals surface area contributed by atoms with Crippen LogP contribution < -0.4 is 0 Å². The predicted octanol–water partition coefficient (Wildman–Crippen LogP) is 2.26. The lowest BCUT2D eigenvalue weighted by Crippen LogP contribution is -2.36. The highest BCUT2D eigenvalue weighted by atomic mass is 16.5. The highest BCUT2D eigenvalue weighted by molar-refractivity contribution is 5.72. The number of hydrogen-bond acceptors (Lipinski definition) is 3. The molecule has 1 N–H and O–H groups in total. The van der Waals surface area contributed by atoms with Crippen LogP contribution in [0.2, 0.25) is 0 Å². The second-order valence-electron chi connectivity index (χ2n) is 5.04. The lowest BCUT2D eigenvalue weighted by atomic mass is 9.89. The summed E-state index contributed by atoms with van der Waals surface area (Å²) in [6, 6.07) is 7.93. The number of methoxy groups -OCH3 is 1. The fraction of sp³-hybridized carbons (Fsp3) is 0.467. The van der Waals surface area contributed by atoms with Gasteiger partial charge in [-0.1, -0.05) is 24.3 Å². The van der Waals surface area contributed by atoms with Crippen molar-refractivity contribution in [2.75, 3.05) is 20.2 Å². The topological polar surface area (TPSA) is 66.8 Å². The van der Waals surface area contributed by atoms with Crippen LogP contribution in [0.5, 0.6) is 0 Å². The molecule has 20 heavy (non-hydrogen) atoms. The molecule has 1 aliphatic heterocycles. The third-order valence-corrected chi connectivity index (χ3v) is 3.79. The summed E-state index contributed by atoms with van der Waals surface area (Å²) >= 11 is 0. The normalized spacial score (nSPS) is 15.9. The first-order valence-electron chi connectivity index (χ1n) is 6.73. The third-order valence-electron chi connectivity index (χ3n) is 3.79. The number of ether oxygens (including phenoxy) is 1. The SMILES string of the molecule is COC(=O)Cc1ccc(C2CCN(C(=O)O)CC2)cc1. The number of amides is 1. The molecular weight excluding hydrogens is 258 g/mol. The zero-order chi connectivity index (χ0) is 14.5. The summed E-state index contributed by atoms with van der Waals surface area (Å²) < 4.78 is 4.63. The predicted molar refractivity (Wildman–Crippen MR) is 73.7 cm³/mol. The smallest absolute Gasteiger partial charge is 0.407 e. The third kappa shape index (κ3) is 3.50. The molecule has 0 aliphatic carbocycles. The number of piperidine rings is 1. The molecule has 0 radical (unpaired) electrons. The molecule has 5 nitrogen and oxygen atoms in total. The van der Waals surface area contributed by atoms with E-state index in [-0.39, 0.29) is 12.4 Å². The number of carbonyl (C=O) groups is 2. The first kappa shape index (κ1) is 14.4. The molecule has 1 aliphatic rings. The van der Waals surface area contributed by atoms with E-state index >= 15 is 0 Å². The Hall–Kier alpha value is -2.04. The van der Waals surface area contributed by atoms with E-state index in [9.17, 15) is 9.59 Å². The minimum atomic E-state index is -0.836. The zero-order valence-electron chi connectivity index (χ0n) is 11.5. The second-order valence-corrected chi connectivity index (χ2v) is 5.04. The minimum absolute atomic E-state index is 0.243. The monoisotopic (exact) mass is 277 g/mol. The number of rotatable bonds is 3. The molecular formula is C15H19NO4. The van der Waals surface area contributed by atoms with Gasteiger partial charge >= 0.3 is 12.1 Å². The van der Waals surface area contributed by atoms with Gasteiger partial charge in [0.2, 0.25) is 0 Å². The first-order chi connectivity index (χ1) is 9.60. The van der Waals surface area contributed by atoms with Crippen molar-refractivity contribution in [1.82, 2.24) is 4.90 Å². The number of benzene rings is 1. The van der Waals surface area contributed by atoms with Crippen molar-refractivity contribution in [1.29, 1.82) is 0 Å². The van der Waals surface area contributed by atoms with E-state index < -0.39 is 6.09 Å². The Morgan fingerprint density at radius 1 is 1.25 bits per heavy atom. The lowest BCUT2D eigenvalue weighted by molar-refractivity contribution is -0.139. The maximum atomic E-state index is 11.2.